The predicted octanol–water partition coefficient (Wildman–Crippen LogP) is 1.63. The molecular formula is C9H13N3O4S. The third-order valence-corrected chi connectivity index (χ3v) is 3.01. The zero-order valence-electron chi connectivity index (χ0n) is 9.33. The van der Waals surface area contributed by atoms with Crippen LogP contribution in [-0.2, 0) is 6.54 Å². The molecule has 1 N–H and O–H groups in total. The third kappa shape index (κ3) is 3.74. The number of hydrogen-bond donors (Lipinski definition) is 1. The lowest BCUT2D eigenvalue weighted by Gasteiger charge is -1.99. The molecule has 0 aliphatic rings. The largest absolute Gasteiger partial charge is 0.476 e. The maximum Gasteiger partial charge on any atom is 0.363 e. The average molecular weight is 259 g/mol. The molecule has 0 fully saturated rings. The maximum atomic E-state index is 10.7. The highest BCUT2D eigenvalue weighted by Gasteiger charge is 2.24. The van der Waals surface area contributed by atoms with E-state index in [1.807, 2.05) is 6.92 Å². The highest BCUT2D eigenvalue weighted by atomic mass is 32.2. The molecule has 0 aromatic carbocycles. The summed E-state index contributed by atoms with van der Waals surface area (Å²) in [6.45, 7) is 2.53. The Labute approximate surface area is 102 Å². The highest BCUT2D eigenvalue weighted by Crippen LogP contribution is 2.16. The number of nitro groups is 1. The number of nitrogens with zero attached hydrogens (tertiary/aromatic N) is 3. The Morgan fingerprint density at radius 3 is 2.88 bits per heavy atom. The van der Waals surface area contributed by atoms with Crippen LogP contribution in [0.1, 0.15) is 23.8 Å². The molecule has 0 amide bonds. The van der Waals surface area contributed by atoms with Gasteiger partial charge in [0.15, 0.2) is 0 Å². The Bertz CT molecular complexity index is 387. The van der Waals surface area contributed by atoms with Gasteiger partial charge >= 0.3 is 11.7 Å². The minimum Gasteiger partial charge on any atom is -0.476 e. The zero-order chi connectivity index (χ0) is 12.8. The monoisotopic (exact) mass is 259 g/mol. The summed E-state index contributed by atoms with van der Waals surface area (Å²) < 4.78 is 1.32. The second-order valence-electron chi connectivity index (χ2n) is 3.24. The van der Waals surface area contributed by atoms with Gasteiger partial charge in [-0.15, -0.1) is 0 Å². The van der Waals surface area contributed by atoms with E-state index >= 15 is 0 Å². The summed E-state index contributed by atoms with van der Waals surface area (Å²) in [5.74, 6) is 0.560. The Kier molecular flexibility index (Phi) is 4.95. The minimum atomic E-state index is -1.38. The summed E-state index contributed by atoms with van der Waals surface area (Å²) in [7, 11) is 0. The summed E-state index contributed by atoms with van der Waals surface area (Å²) >= 11 is 1.76. The number of hydrogen-bond acceptors (Lipinski definition) is 5. The van der Waals surface area contributed by atoms with Gasteiger partial charge in [-0.25, -0.2) is 4.79 Å². The topological polar surface area (TPSA) is 98.3 Å². The summed E-state index contributed by atoms with van der Waals surface area (Å²) in [5.41, 5.74) is -0.959. The molecular weight excluding hydrogens is 246 g/mol. The van der Waals surface area contributed by atoms with Crippen molar-refractivity contribution in [3.05, 3.63) is 22.0 Å². The van der Waals surface area contributed by atoms with Gasteiger partial charge in [0.05, 0.1) is 4.92 Å². The van der Waals surface area contributed by atoms with Crippen molar-refractivity contribution in [1.82, 2.24) is 9.78 Å². The molecule has 17 heavy (non-hydrogen) atoms. The van der Waals surface area contributed by atoms with E-state index in [-0.39, 0.29) is 0 Å². The lowest BCUT2D eigenvalue weighted by molar-refractivity contribution is -0.385. The van der Waals surface area contributed by atoms with Gasteiger partial charge in [0.25, 0.3) is 0 Å². The van der Waals surface area contributed by atoms with Crippen molar-refractivity contribution >= 4 is 23.4 Å². The van der Waals surface area contributed by atoms with Gasteiger partial charge in [0.2, 0.25) is 5.69 Å². The van der Waals surface area contributed by atoms with E-state index in [0.29, 0.717) is 6.54 Å². The molecule has 0 spiro atoms. The van der Waals surface area contributed by atoms with Crippen LogP contribution in [0.15, 0.2) is 6.20 Å². The fraction of sp³-hybridized carbons (Fsp3) is 0.556. The molecule has 7 nitrogen and oxygen atoms in total. The molecule has 0 saturated carbocycles. The number of thioether (sulfide) groups is 1. The van der Waals surface area contributed by atoms with Gasteiger partial charge in [-0.2, -0.15) is 16.9 Å². The van der Waals surface area contributed by atoms with Crippen molar-refractivity contribution in [2.45, 2.75) is 19.9 Å². The minimum absolute atomic E-state index is 0.458. The molecule has 1 aromatic heterocycles. The lowest BCUT2D eigenvalue weighted by atomic mass is 10.4. The molecule has 1 rings (SSSR count). The van der Waals surface area contributed by atoms with Crippen LogP contribution < -0.4 is 0 Å². The second kappa shape index (κ2) is 6.24. The van der Waals surface area contributed by atoms with E-state index in [2.05, 4.69) is 5.10 Å². The molecule has 8 heteroatoms. The van der Waals surface area contributed by atoms with Gasteiger partial charge in [0.1, 0.15) is 6.20 Å². The van der Waals surface area contributed by atoms with Crippen LogP contribution in [0.3, 0.4) is 0 Å². The average Bonchev–Trinajstić information content (AvgIpc) is 2.69. The molecule has 0 radical (unpaired) electrons. The molecule has 0 bridgehead atoms. The van der Waals surface area contributed by atoms with Gasteiger partial charge in [-0.05, 0) is 17.9 Å². The van der Waals surface area contributed by atoms with Crippen LogP contribution in [-0.4, -0.2) is 37.3 Å². The number of aromatic nitrogens is 2. The Balaban J connectivity index is 2.71. The number of carboxylic acid groups (broad SMARTS) is 1. The summed E-state index contributed by atoms with van der Waals surface area (Å²) in [5, 5.41) is 23.0. The molecule has 0 aliphatic heterocycles. The zero-order valence-corrected chi connectivity index (χ0v) is 10.1. The van der Waals surface area contributed by atoms with Crippen LogP contribution in [0, 0.1) is 10.1 Å². The summed E-state index contributed by atoms with van der Waals surface area (Å²) in [6.07, 6.45) is 1.97. The standard InChI is InChI=1S/C9H13N3O4S/c1-2-17-5-3-4-11-6-7(12(15)16)8(10-11)9(13)14/h6H,2-5H2,1H3,(H,13,14). The number of carbonyl (C=O) groups is 1. The molecule has 1 heterocycles. The predicted molar refractivity (Wildman–Crippen MR) is 63.5 cm³/mol. The van der Waals surface area contributed by atoms with Gasteiger partial charge < -0.3 is 5.11 Å². The van der Waals surface area contributed by atoms with Crippen molar-refractivity contribution < 1.29 is 14.8 Å². The van der Waals surface area contributed by atoms with Crippen molar-refractivity contribution in [2.75, 3.05) is 11.5 Å². The van der Waals surface area contributed by atoms with Crippen molar-refractivity contribution in [3.8, 4) is 0 Å². The Morgan fingerprint density at radius 1 is 1.71 bits per heavy atom. The smallest absolute Gasteiger partial charge is 0.363 e. The molecule has 0 saturated heterocycles. The van der Waals surface area contributed by atoms with E-state index in [1.54, 1.807) is 11.8 Å². The molecule has 1 aromatic rings. The van der Waals surface area contributed by atoms with Crippen LogP contribution >= 0.6 is 11.8 Å². The van der Waals surface area contributed by atoms with Crippen LogP contribution in [0.2, 0.25) is 0 Å². The first-order valence-corrected chi connectivity index (χ1v) is 6.24. The van der Waals surface area contributed by atoms with Crippen LogP contribution in [0.4, 0.5) is 5.69 Å². The molecule has 0 atom stereocenters. The molecule has 0 unspecified atom stereocenters. The molecule has 94 valence electrons. The Morgan fingerprint density at radius 2 is 2.41 bits per heavy atom. The van der Waals surface area contributed by atoms with E-state index in [0.717, 1.165) is 17.9 Å². The van der Waals surface area contributed by atoms with Crippen molar-refractivity contribution in [3.63, 3.8) is 0 Å². The fourth-order valence-electron chi connectivity index (χ4n) is 1.28. The summed E-state index contributed by atoms with van der Waals surface area (Å²) in [6, 6.07) is 0. The quantitative estimate of drug-likeness (QED) is 0.454. The van der Waals surface area contributed by atoms with Gasteiger partial charge in [0, 0.05) is 6.54 Å². The third-order valence-electron chi connectivity index (χ3n) is 2.02. The van der Waals surface area contributed by atoms with Gasteiger partial charge in [-0.1, -0.05) is 6.92 Å². The second-order valence-corrected chi connectivity index (χ2v) is 4.63. The number of aromatic carboxylic acids is 1. The first-order chi connectivity index (χ1) is 8.06. The number of aryl methyl sites for hydroxylation is 1. The maximum absolute atomic E-state index is 10.7. The fourth-order valence-corrected chi connectivity index (χ4v) is 1.91. The first kappa shape index (κ1) is 13.5. The Hall–Kier alpha value is -1.57. The lowest BCUT2D eigenvalue weighted by Crippen LogP contribution is -2.04. The number of rotatable bonds is 7. The molecule has 0 aliphatic carbocycles. The number of carboxylic acids is 1. The van der Waals surface area contributed by atoms with E-state index in [1.165, 1.54) is 10.9 Å². The normalized spacial score (nSPS) is 10.4. The van der Waals surface area contributed by atoms with E-state index in [4.69, 9.17) is 5.11 Å². The van der Waals surface area contributed by atoms with Crippen LogP contribution in [0.5, 0.6) is 0 Å². The first-order valence-electron chi connectivity index (χ1n) is 5.09. The van der Waals surface area contributed by atoms with E-state index in [9.17, 15) is 14.9 Å². The van der Waals surface area contributed by atoms with E-state index < -0.39 is 22.3 Å². The van der Waals surface area contributed by atoms with Crippen molar-refractivity contribution in [2.24, 2.45) is 0 Å². The van der Waals surface area contributed by atoms with Crippen LogP contribution in [0.25, 0.3) is 0 Å². The highest BCUT2D eigenvalue weighted by molar-refractivity contribution is 7.99. The summed E-state index contributed by atoms with van der Waals surface area (Å²) in [4.78, 5) is 20.6. The van der Waals surface area contributed by atoms with Gasteiger partial charge in [-0.3, -0.25) is 14.8 Å². The SMILES string of the molecule is CCSCCCn1cc([N+](=O)[O-])c(C(=O)O)n1. The van der Waals surface area contributed by atoms with Crippen molar-refractivity contribution in [1.29, 1.82) is 0 Å².